The lowest BCUT2D eigenvalue weighted by Gasteiger charge is -2.28. The first-order valence-corrected chi connectivity index (χ1v) is 12.0. The van der Waals surface area contributed by atoms with Crippen molar-refractivity contribution in [2.45, 2.75) is 84.0 Å². The molecule has 0 aliphatic heterocycles. The van der Waals surface area contributed by atoms with Crippen LogP contribution in [0.2, 0.25) is 0 Å². The van der Waals surface area contributed by atoms with E-state index in [2.05, 4.69) is 20.9 Å². The number of carbonyl (C=O) groups excluding carboxylic acids is 3. The zero-order valence-electron chi connectivity index (χ0n) is 21.3. The Morgan fingerprint density at radius 2 is 1.37 bits per heavy atom. The van der Waals surface area contributed by atoms with E-state index in [4.69, 9.17) is 22.9 Å². The number of carboxylic acids is 1. The van der Waals surface area contributed by atoms with Crippen molar-refractivity contribution in [3.63, 3.8) is 0 Å². The fraction of sp³-hybridized carbons (Fsp3) is 0.773. The van der Waals surface area contributed by atoms with E-state index in [0.717, 1.165) is 0 Å². The fourth-order valence-corrected chi connectivity index (χ4v) is 3.24. The third-order valence-electron chi connectivity index (χ3n) is 5.36. The van der Waals surface area contributed by atoms with Gasteiger partial charge in [-0.05, 0) is 50.5 Å². The Hall–Kier alpha value is -2.93. The van der Waals surface area contributed by atoms with Gasteiger partial charge in [0.25, 0.3) is 0 Å². The van der Waals surface area contributed by atoms with E-state index in [9.17, 15) is 24.3 Å². The maximum absolute atomic E-state index is 13.1. The second-order valence-electron chi connectivity index (χ2n) is 9.20. The fourth-order valence-electron chi connectivity index (χ4n) is 3.24. The normalized spacial score (nSPS) is 14.5. The first-order chi connectivity index (χ1) is 16.3. The van der Waals surface area contributed by atoms with Gasteiger partial charge >= 0.3 is 5.97 Å². The highest BCUT2D eigenvalue weighted by Gasteiger charge is 2.32. The molecule has 0 aromatic rings. The van der Waals surface area contributed by atoms with Crippen LogP contribution in [0.5, 0.6) is 0 Å². The first kappa shape index (κ1) is 32.1. The maximum atomic E-state index is 13.1. The molecule has 0 heterocycles. The van der Waals surface area contributed by atoms with E-state index < -0.39 is 47.9 Å². The van der Waals surface area contributed by atoms with Gasteiger partial charge in [-0.3, -0.25) is 19.4 Å². The SMILES string of the molecule is CC(C)C(NC(=O)C(NC(=O)C(CCCCN)NC(=O)C(N)CCCN=C(N)N)C(C)C)C(=O)O. The van der Waals surface area contributed by atoms with E-state index in [1.165, 1.54) is 0 Å². The molecule has 35 heavy (non-hydrogen) atoms. The second kappa shape index (κ2) is 16.7. The molecule has 0 bridgehead atoms. The number of hydrogen-bond donors (Lipinski definition) is 8. The van der Waals surface area contributed by atoms with Crippen LogP contribution >= 0.6 is 0 Å². The summed E-state index contributed by atoms with van der Waals surface area (Å²) >= 11 is 0. The lowest BCUT2D eigenvalue weighted by molar-refractivity contribution is -0.143. The van der Waals surface area contributed by atoms with Gasteiger partial charge in [-0.25, -0.2) is 4.79 Å². The number of unbranched alkanes of at least 4 members (excludes halogenated alkanes) is 1. The van der Waals surface area contributed by atoms with Gasteiger partial charge in [-0.15, -0.1) is 0 Å². The molecule has 0 spiro atoms. The number of rotatable bonds is 17. The lowest BCUT2D eigenvalue weighted by atomic mass is 9.99. The highest BCUT2D eigenvalue weighted by molar-refractivity contribution is 5.94. The van der Waals surface area contributed by atoms with Crippen LogP contribution in [-0.2, 0) is 19.2 Å². The molecule has 0 fully saturated rings. The predicted molar refractivity (Wildman–Crippen MR) is 134 cm³/mol. The van der Waals surface area contributed by atoms with Crippen molar-refractivity contribution >= 4 is 29.7 Å². The van der Waals surface area contributed by atoms with Crippen LogP contribution in [-0.4, -0.2) is 72.0 Å². The van der Waals surface area contributed by atoms with Gasteiger partial charge < -0.3 is 44.0 Å². The molecule has 0 aliphatic carbocycles. The second-order valence-corrected chi connectivity index (χ2v) is 9.20. The van der Waals surface area contributed by atoms with Gasteiger partial charge in [-0.2, -0.15) is 0 Å². The molecule has 0 saturated carbocycles. The van der Waals surface area contributed by atoms with Crippen molar-refractivity contribution in [2.75, 3.05) is 13.1 Å². The Bertz CT molecular complexity index is 725. The van der Waals surface area contributed by atoms with Crippen LogP contribution in [0.1, 0.15) is 59.8 Å². The van der Waals surface area contributed by atoms with Crippen LogP contribution < -0.4 is 38.9 Å². The Labute approximate surface area is 207 Å². The highest BCUT2D eigenvalue weighted by atomic mass is 16.4. The van der Waals surface area contributed by atoms with Gasteiger partial charge in [-0.1, -0.05) is 27.7 Å². The first-order valence-electron chi connectivity index (χ1n) is 12.0. The maximum Gasteiger partial charge on any atom is 0.326 e. The van der Waals surface area contributed by atoms with Crippen molar-refractivity contribution in [2.24, 2.45) is 39.8 Å². The smallest absolute Gasteiger partial charge is 0.326 e. The number of aliphatic carboxylic acids is 1. The monoisotopic (exact) mass is 500 g/mol. The largest absolute Gasteiger partial charge is 0.480 e. The molecule has 13 heteroatoms. The van der Waals surface area contributed by atoms with E-state index in [1.54, 1.807) is 27.7 Å². The highest BCUT2D eigenvalue weighted by Crippen LogP contribution is 2.09. The topological polar surface area (TPSA) is 241 Å². The van der Waals surface area contributed by atoms with Gasteiger partial charge in [0.2, 0.25) is 17.7 Å². The predicted octanol–water partition coefficient (Wildman–Crippen LogP) is -1.65. The molecule has 13 nitrogen and oxygen atoms in total. The minimum absolute atomic E-state index is 0.0496. The molecule has 202 valence electrons. The van der Waals surface area contributed by atoms with Crippen LogP contribution in [0.15, 0.2) is 4.99 Å². The molecule has 4 unspecified atom stereocenters. The Kier molecular flexibility index (Phi) is 15.3. The minimum atomic E-state index is -1.16. The molecule has 0 rings (SSSR count). The standard InChI is InChI=1S/C22H44N8O5/c1-12(2)16(20(33)30-17(13(3)4)21(34)35)29-19(32)15(9-5-6-10-23)28-18(31)14(24)8-7-11-27-22(25)26/h12-17H,5-11,23-24H2,1-4H3,(H,28,31)(H,29,32)(H,30,33)(H,34,35)(H4,25,26,27). The number of nitrogens with zero attached hydrogens (tertiary/aromatic N) is 1. The number of carbonyl (C=O) groups is 4. The Morgan fingerprint density at radius 1 is 0.800 bits per heavy atom. The molecule has 0 radical (unpaired) electrons. The van der Waals surface area contributed by atoms with Crippen LogP contribution in [0.3, 0.4) is 0 Å². The summed E-state index contributed by atoms with van der Waals surface area (Å²) in [6.07, 6.45) is 2.30. The number of nitrogens with one attached hydrogen (secondary N) is 3. The van der Waals surface area contributed by atoms with Gasteiger partial charge in [0.05, 0.1) is 6.04 Å². The van der Waals surface area contributed by atoms with Crippen molar-refractivity contribution in [3.8, 4) is 0 Å². The summed E-state index contributed by atoms with van der Waals surface area (Å²) in [5.74, 6) is -3.59. The van der Waals surface area contributed by atoms with Gasteiger partial charge in [0, 0.05) is 6.54 Å². The third-order valence-corrected chi connectivity index (χ3v) is 5.36. The van der Waals surface area contributed by atoms with Crippen molar-refractivity contribution in [1.29, 1.82) is 0 Å². The minimum Gasteiger partial charge on any atom is -0.480 e. The zero-order valence-corrected chi connectivity index (χ0v) is 21.3. The molecular weight excluding hydrogens is 456 g/mol. The van der Waals surface area contributed by atoms with Crippen LogP contribution in [0, 0.1) is 11.8 Å². The van der Waals surface area contributed by atoms with Crippen LogP contribution in [0.25, 0.3) is 0 Å². The number of carboxylic acid groups (broad SMARTS) is 1. The molecule has 0 aromatic heterocycles. The van der Waals surface area contributed by atoms with E-state index in [0.29, 0.717) is 45.2 Å². The zero-order chi connectivity index (χ0) is 27.1. The van der Waals surface area contributed by atoms with Gasteiger partial charge in [0.1, 0.15) is 18.1 Å². The number of guanidine groups is 1. The van der Waals surface area contributed by atoms with E-state index in [-0.39, 0.29) is 17.8 Å². The molecule has 3 amide bonds. The Morgan fingerprint density at radius 3 is 1.86 bits per heavy atom. The van der Waals surface area contributed by atoms with Gasteiger partial charge in [0.15, 0.2) is 5.96 Å². The number of hydrogen-bond acceptors (Lipinski definition) is 7. The number of amides is 3. The molecular formula is C22H44N8O5. The summed E-state index contributed by atoms with van der Waals surface area (Å²) in [4.78, 5) is 53.8. The third kappa shape index (κ3) is 12.9. The molecule has 12 N–H and O–H groups in total. The summed E-state index contributed by atoms with van der Waals surface area (Å²) in [6.45, 7) is 7.55. The quantitative estimate of drug-likeness (QED) is 0.0646. The van der Waals surface area contributed by atoms with Crippen LogP contribution in [0.4, 0.5) is 0 Å². The molecule has 0 saturated heterocycles. The summed E-state index contributed by atoms with van der Waals surface area (Å²) in [5.41, 5.74) is 22.0. The van der Waals surface area contributed by atoms with Crippen molar-refractivity contribution in [3.05, 3.63) is 0 Å². The summed E-state index contributed by atoms with van der Waals surface area (Å²) < 4.78 is 0. The number of aliphatic imine (C=N–C) groups is 1. The van der Waals surface area contributed by atoms with E-state index >= 15 is 0 Å². The lowest BCUT2D eigenvalue weighted by Crippen LogP contribution is -2.59. The molecule has 4 atom stereocenters. The average Bonchev–Trinajstić information content (AvgIpc) is 2.76. The summed E-state index contributed by atoms with van der Waals surface area (Å²) in [7, 11) is 0. The number of nitrogens with two attached hydrogens (primary N) is 4. The summed E-state index contributed by atoms with van der Waals surface area (Å²) in [5, 5.41) is 17.2. The molecule has 0 aliphatic rings. The van der Waals surface area contributed by atoms with Crippen molar-refractivity contribution < 1.29 is 24.3 Å². The average molecular weight is 501 g/mol. The Balaban J connectivity index is 5.33. The van der Waals surface area contributed by atoms with Crippen molar-refractivity contribution in [1.82, 2.24) is 16.0 Å². The molecule has 0 aromatic carbocycles. The van der Waals surface area contributed by atoms with E-state index in [1.807, 2.05) is 0 Å². The summed E-state index contributed by atoms with van der Waals surface area (Å²) in [6, 6.07) is -3.91.